The molecular formula is C15H27N3S. The Balaban J connectivity index is 2.04. The molecule has 0 amide bonds. The maximum Gasteiger partial charge on any atom is 0.185 e. The summed E-state index contributed by atoms with van der Waals surface area (Å²) in [7, 11) is 0. The maximum atomic E-state index is 4.87. The van der Waals surface area contributed by atoms with Crippen LogP contribution in [0.25, 0.3) is 0 Å². The van der Waals surface area contributed by atoms with Gasteiger partial charge in [0.15, 0.2) is 5.13 Å². The fraction of sp³-hybridized carbons (Fsp3) is 0.800. The second kappa shape index (κ2) is 7.25. The van der Waals surface area contributed by atoms with Gasteiger partial charge in [0.1, 0.15) is 0 Å². The van der Waals surface area contributed by atoms with Crippen molar-refractivity contribution in [2.24, 2.45) is 5.92 Å². The summed E-state index contributed by atoms with van der Waals surface area (Å²) in [6.07, 6.45) is 4.92. The van der Waals surface area contributed by atoms with Gasteiger partial charge in [-0.3, -0.25) is 0 Å². The van der Waals surface area contributed by atoms with Crippen LogP contribution in [-0.2, 0) is 13.0 Å². The van der Waals surface area contributed by atoms with Gasteiger partial charge in [0, 0.05) is 24.5 Å². The molecule has 2 rings (SSSR count). The molecule has 0 bridgehead atoms. The van der Waals surface area contributed by atoms with E-state index in [1.807, 2.05) is 11.3 Å². The highest BCUT2D eigenvalue weighted by molar-refractivity contribution is 7.15. The first kappa shape index (κ1) is 14.8. The molecule has 0 aromatic carbocycles. The fourth-order valence-corrected chi connectivity index (χ4v) is 3.81. The molecule has 1 fully saturated rings. The van der Waals surface area contributed by atoms with Crippen molar-refractivity contribution < 1.29 is 0 Å². The zero-order valence-corrected chi connectivity index (χ0v) is 13.4. The largest absolute Gasteiger partial charge is 0.348 e. The van der Waals surface area contributed by atoms with Crippen LogP contribution in [0, 0.1) is 5.92 Å². The molecule has 0 spiro atoms. The summed E-state index contributed by atoms with van der Waals surface area (Å²) < 4.78 is 0. The molecule has 4 heteroatoms. The van der Waals surface area contributed by atoms with Crippen LogP contribution in [0.3, 0.4) is 0 Å². The zero-order valence-electron chi connectivity index (χ0n) is 12.5. The summed E-state index contributed by atoms with van der Waals surface area (Å²) in [5.41, 5.74) is 1.29. The highest BCUT2D eigenvalue weighted by Crippen LogP contribution is 2.30. The Hall–Kier alpha value is -0.610. The van der Waals surface area contributed by atoms with E-state index >= 15 is 0 Å². The van der Waals surface area contributed by atoms with Crippen molar-refractivity contribution in [1.82, 2.24) is 10.3 Å². The van der Waals surface area contributed by atoms with Gasteiger partial charge >= 0.3 is 0 Å². The normalized spacial score (nSPS) is 19.9. The number of rotatable bonds is 6. The number of hydrogen-bond donors (Lipinski definition) is 1. The lowest BCUT2D eigenvalue weighted by Crippen LogP contribution is -2.34. The maximum absolute atomic E-state index is 4.87. The van der Waals surface area contributed by atoms with Crippen LogP contribution in [0.4, 0.5) is 5.13 Å². The van der Waals surface area contributed by atoms with Crippen molar-refractivity contribution in [2.75, 3.05) is 24.5 Å². The molecule has 1 N–H and O–H groups in total. The molecule has 1 atom stereocenters. The van der Waals surface area contributed by atoms with E-state index in [0.29, 0.717) is 0 Å². The first-order valence-corrected chi connectivity index (χ1v) is 8.50. The summed E-state index contributed by atoms with van der Waals surface area (Å²) in [6.45, 7) is 11.2. The third kappa shape index (κ3) is 3.93. The van der Waals surface area contributed by atoms with Gasteiger partial charge in [-0.05, 0) is 38.1 Å². The lowest BCUT2D eigenvalue weighted by Gasteiger charge is -2.30. The molecular weight excluding hydrogens is 254 g/mol. The van der Waals surface area contributed by atoms with E-state index in [1.54, 1.807) is 0 Å². The standard InChI is InChI=1S/C15H27N3S/c1-4-8-16-10-14-13(5-2)17-15(19-14)18-9-6-7-12(3)11-18/h12,16H,4-11H2,1-3H3. The van der Waals surface area contributed by atoms with Gasteiger partial charge in [-0.15, -0.1) is 11.3 Å². The van der Waals surface area contributed by atoms with Crippen molar-refractivity contribution in [2.45, 2.75) is 53.0 Å². The molecule has 0 aliphatic carbocycles. The molecule has 108 valence electrons. The zero-order chi connectivity index (χ0) is 13.7. The van der Waals surface area contributed by atoms with Crippen LogP contribution < -0.4 is 10.2 Å². The molecule has 1 saturated heterocycles. The summed E-state index contributed by atoms with van der Waals surface area (Å²) in [5, 5.41) is 4.75. The number of hydrogen-bond acceptors (Lipinski definition) is 4. The lowest BCUT2D eigenvalue weighted by atomic mass is 10.0. The van der Waals surface area contributed by atoms with Gasteiger partial charge in [0.2, 0.25) is 0 Å². The molecule has 1 aliphatic heterocycles. The number of nitrogens with one attached hydrogen (secondary N) is 1. The first-order chi connectivity index (χ1) is 9.24. The quantitative estimate of drug-likeness (QED) is 0.810. The SMILES string of the molecule is CCCNCc1sc(N2CCCC(C)C2)nc1CC. The molecule has 1 aromatic heterocycles. The highest BCUT2D eigenvalue weighted by Gasteiger charge is 2.20. The van der Waals surface area contributed by atoms with Crippen molar-refractivity contribution in [1.29, 1.82) is 0 Å². The van der Waals surface area contributed by atoms with Crippen LogP contribution in [0.5, 0.6) is 0 Å². The van der Waals surface area contributed by atoms with E-state index in [9.17, 15) is 0 Å². The second-order valence-corrected chi connectivity index (χ2v) is 6.65. The minimum atomic E-state index is 0.810. The van der Waals surface area contributed by atoms with E-state index in [0.717, 1.165) is 25.4 Å². The minimum Gasteiger partial charge on any atom is -0.348 e. The third-order valence-electron chi connectivity index (χ3n) is 3.74. The van der Waals surface area contributed by atoms with Crippen LogP contribution in [-0.4, -0.2) is 24.6 Å². The van der Waals surface area contributed by atoms with Gasteiger partial charge in [-0.2, -0.15) is 0 Å². The molecule has 3 nitrogen and oxygen atoms in total. The Labute approximate surface area is 121 Å². The number of nitrogens with zero attached hydrogens (tertiary/aromatic N) is 2. The fourth-order valence-electron chi connectivity index (χ4n) is 2.66. The number of thiazole rings is 1. The monoisotopic (exact) mass is 281 g/mol. The van der Waals surface area contributed by atoms with Crippen LogP contribution in [0.2, 0.25) is 0 Å². The van der Waals surface area contributed by atoms with E-state index in [-0.39, 0.29) is 0 Å². The number of aryl methyl sites for hydroxylation is 1. The highest BCUT2D eigenvalue weighted by atomic mass is 32.1. The molecule has 1 aliphatic rings. The molecule has 1 unspecified atom stereocenters. The van der Waals surface area contributed by atoms with Crippen molar-refractivity contribution in [3.8, 4) is 0 Å². The Morgan fingerprint density at radius 3 is 2.95 bits per heavy atom. The number of anilines is 1. The third-order valence-corrected chi connectivity index (χ3v) is 4.90. The number of aromatic nitrogens is 1. The molecule has 19 heavy (non-hydrogen) atoms. The van der Waals surface area contributed by atoms with Crippen molar-refractivity contribution >= 4 is 16.5 Å². The van der Waals surface area contributed by atoms with Crippen molar-refractivity contribution in [3.63, 3.8) is 0 Å². The lowest BCUT2D eigenvalue weighted by molar-refractivity contribution is 0.446. The predicted octanol–water partition coefficient (Wildman–Crippen LogP) is 3.44. The smallest absolute Gasteiger partial charge is 0.185 e. The summed E-state index contributed by atoms with van der Waals surface area (Å²) >= 11 is 1.90. The van der Waals surface area contributed by atoms with Crippen LogP contribution >= 0.6 is 11.3 Å². The second-order valence-electron chi connectivity index (χ2n) is 5.59. The van der Waals surface area contributed by atoms with Gasteiger partial charge in [-0.25, -0.2) is 4.98 Å². The van der Waals surface area contributed by atoms with Crippen LogP contribution in [0.15, 0.2) is 0 Å². The Morgan fingerprint density at radius 2 is 2.26 bits per heavy atom. The van der Waals surface area contributed by atoms with E-state index in [2.05, 4.69) is 31.0 Å². The van der Waals surface area contributed by atoms with Gasteiger partial charge < -0.3 is 10.2 Å². The molecule has 0 saturated carbocycles. The van der Waals surface area contributed by atoms with E-state index < -0.39 is 0 Å². The Bertz CT molecular complexity index is 389. The first-order valence-electron chi connectivity index (χ1n) is 7.68. The number of piperidine rings is 1. The van der Waals surface area contributed by atoms with E-state index in [4.69, 9.17) is 4.98 Å². The summed E-state index contributed by atoms with van der Waals surface area (Å²) in [5.74, 6) is 0.810. The van der Waals surface area contributed by atoms with Gasteiger partial charge in [0.25, 0.3) is 0 Å². The average Bonchev–Trinajstić information content (AvgIpc) is 2.82. The summed E-state index contributed by atoms with van der Waals surface area (Å²) in [4.78, 5) is 8.79. The Kier molecular flexibility index (Phi) is 5.64. The predicted molar refractivity (Wildman–Crippen MR) is 84.1 cm³/mol. The average molecular weight is 281 g/mol. The van der Waals surface area contributed by atoms with Crippen LogP contribution in [0.1, 0.15) is 50.6 Å². The van der Waals surface area contributed by atoms with Gasteiger partial charge in [0.05, 0.1) is 5.69 Å². The molecule has 1 aromatic rings. The molecule has 2 heterocycles. The van der Waals surface area contributed by atoms with Crippen molar-refractivity contribution in [3.05, 3.63) is 10.6 Å². The topological polar surface area (TPSA) is 28.2 Å². The van der Waals surface area contributed by atoms with E-state index in [1.165, 1.54) is 48.1 Å². The van der Waals surface area contributed by atoms with Gasteiger partial charge in [-0.1, -0.05) is 20.8 Å². The summed E-state index contributed by atoms with van der Waals surface area (Å²) in [6, 6.07) is 0. The minimum absolute atomic E-state index is 0.810. The Morgan fingerprint density at radius 1 is 1.42 bits per heavy atom. The molecule has 0 radical (unpaired) electrons.